The van der Waals surface area contributed by atoms with Crippen molar-refractivity contribution in [3.8, 4) is 22.8 Å². The van der Waals surface area contributed by atoms with Crippen molar-refractivity contribution >= 4 is 11.0 Å². The molecule has 5 rings (SSSR count). The van der Waals surface area contributed by atoms with Gasteiger partial charge in [0.15, 0.2) is 0 Å². The second kappa shape index (κ2) is 8.91. The van der Waals surface area contributed by atoms with Gasteiger partial charge in [-0.2, -0.15) is 5.10 Å². The number of piperidine rings is 1. The fraction of sp³-hybridized carbons (Fsp3) is 0.333. The lowest BCUT2D eigenvalue weighted by Crippen LogP contribution is -2.36. The van der Waals surface area contributed by atoms with Crippen LogP contribution < -0.4 is 4.74 Å². The third kappa shape index (κ3) is 4.62. The fourth-order valence-corrected chi connectivity index (χ4v) is 4.31. The molecule has 7 heteroatoms. The zero-order valence-corrected chi connectivity index (χ0v) is 17.7. The van der Waals surface area contributed by atoms with Crippen LogP contribution in [0.2, 0.25) is 0 Å². The monoisotopic (exact) mass is 417 g/mol. The highest BCUT2D eigenvalue weighted by Crippen LogP contribution is 2.27. The van der Waals surface area contributed by atoms with Gasteiger partial charge in [0.2, 0.25) is 0 Å². The second-order valence-electron chi connectivity index (χ2n) is 8.16. The van der Waals surface area contributed by atoms with Crippen molar-refractivity contribution < 1.29 is 9.47 Å². The van der Waals surface area contributed by atoms with Crippen LogP contribution in [-0.2, 0) is 11.3 Å². The summed E-state index contributed by atoms with van der Waals surface area (Å²) in [6, 6.07) is 15.9. The molecule has 1 fully saturated rings. The van der Waals surface area contributed by atoms with Crippen molar-refractivity contribution in [2.45, 2.75) is 19.4 Å². The Morgan fingerprint density at radius 3 is 2.77 bits per heavy atom. The number of H-pyrrole nitrogens is 2. The van der Waals surface area contributed by atoms with Crippen molar-refractivity contribution in [1.29, 1.82) is 0 Å². The number of ether oxygens (including phenoxy) is 2. The van der Waals surface area contributed by atoms with E-state index in [0.717, 1.165) is 65.9 Å². The predicted molar refractivity (Wildman–Crippen MR) is 120 cm³/mol. The fourth-order valence-electron chi connectivity index (χ4n) is 4.31. The van der Waals surface area contributed by atoms with Gasteiger partial charge in [0.25, 0.3) is 0 Å². The summed E-state index contributed by atoms with van der Waals surface area (Å²) in [7, 11) is 1.78. The Hall–Kier alpha value is -3.16. The molecule has 1 atom stereocenters. The van der Waals surface area contributed by atoms with Gasteiger partial charge in [-0.3, -0.25) is 10.00 Å². The number of hydrogen-bond acceptors (Lipinski definition) is 5. The van der Waals surface area contributed by atoms with Crippen LogP contribution in [0.1, 0.15) is 18.7 Å². The van der Waals surface area contributed by atoms with Gasteiger partial charge in [-0.15, -0.1) is 0 Å². The molecule has 0 amide bonds. The van der Waals surface area contributed by atoms with Gasteiger partial charge >= 0.3 is 0 Å². The van der Waals surface area contributed by atoms with Gasteiger partial charge in [-0.25, -0.2) is 4.98 Å². The van der Waals surface area contributed by atoms with Crippen molar-refractivity contribution in [3.05, 3.63) is 60.6 Å². The first-order valence-electron chi connectivity index (χ1n) is 10.7. The topological polar surface area (TPSA) is 79.1 Å². The summed E-state index contributed by atoms with van der Waals surface area (Å²) < 4.78 is 11.4. The van der Waals surface area contributed by atoms with E-state index < -0.39 is 0 Å². The summed E-state index contributed by atoms with van der Waals surface area (Å²) in [5, 5.41) is 6.97. The molecule has 31 heavy (non-hydrogen) atoms. The van der Waals surface area contributed by atoms with E-state index in [4.69, 9.17) is 14.5 Å². The summed E-state index contributed by atoms with van der Waals surface area (Å²) >= 11 is 0. The Bertz CT molecular complexity index is 1120. The molecule has 0 bridgehead atoms. The van der Waals surface area contributed by atoms with E-state index in [1.54, 1.807) is 13.3 Å². The largest absolute Gasteiger partial charge is 0.457 e. The lowest BCUT2D eigenvalue weighted by molar-refractivity contribution is 0.0863. The van der Waals surface area contributed by atoms with Crippen LogP contribution in [0.3, 0.4) is 0 Å². The minimum absolute atomic E-state index is 0.614. The van der Waals surface area contributed by atoms with E-state index in [1.165, 1.54) is 12.8 Å². The maximum atomic E-state index is 6.06. The third-order valence-electron chi connectivity index (χ3n) is 5.78. The molecule has 2 aromatic heterocycles. The molecular weight excluding hydrogens is 390 g/mol. The number of aromatic amines is 2. The molecule has 160 valence electrons. The van der Waals surface area contributed by atoms with Crippen LogP contribution in [-0.4, -0.2) is 51.9 Å². The number of likely N-dealkylation sites (tertiary alicyclic amines) is 1. The van der Waals surface area contributed by atoms with E-state index >= 15 is 0 Å². The van der Waals surface area contributed by atoms with Gasteiger partial charge in [-0.1, -0.05) is 0 Å². The summed E-state index contributed by atoms with van der Waals surface area (Å²) in [4.78, 5) is 10.7. The quantitative estimate of drug-likeness (QED) is 0.459. The highest BCUT2D eigenvalue weighted by molar-refractivity contribution is 5.77. The molecule has 1 unspecified atom stereocenters. The van der Waals surface area contributed by atoms with Gasteiger partial charge in [0.1, 0.15) is 17.3 Å². The third-order valence-corrected chi connectivity index (χ3v) is 5.78. The molecule has 0 saturated carbocycles. The molecule has 0 aliphatic carbocycles. The summed E-state index contributed by atoms with van der Waals surface area (Å²) in [6.45, 7) is 3.84. The first kappa shape index (κ1) is 19.8. The van der Waals surface area contributed by atoms with Gasteiger partial charge < -0.3 is 14.5 Å². The molecular formula is C24H27N5O2. The molecule has 1 aliphatic heterocycles. The summed E-state index contributed by atoms with van der Waals surface area (Å²) in [5.74, 6) is 3.19. The van der Waals surface area contributed by atoms with E-state index in [-0.39, 0.29) is 0 Å². The maximum absolute atomic E-state index is 6.06. The molecule has 1 saturated heterocycles. The van der Waals surface area contributed by atoms with E-state index in [2.05, 4.69) is 20.1 Å². The Balaban J connectivity index is 1.26. The van der Waals surface area contributed by atoms with E-state index in [0.29, 0.717) is 5.92 Å². The Kier molecular flexibility index (Phi) is 5.69. The maximum Gasteiger partial charge on any atom is 0.129 e. The normalized spacial score (nSPS) is 17.3. The minimum Gasteiger partial charge on any atom is -0.457 e. The van der Waals surface area contributed by atoms with E-state index in [1.807, 2.05) is 48.5 Å². The average molecular weight is 418 g/mol. The van der Waals surface area contributed by atoms with Crippen LogP contribution in [0.15, 0.2) is 54.7 Å². The molecule has 2 N–H and O–H groups in total. The first-order chi connectivity index (χ1) is 15.3. The summed E-state index contributed by atoms with van der Waals surface area (Å²) in [5.41, 5.74) is 4.01. The number of rotatable bonds is 7. The zero-order valence-electron chi connectivity index (χ0n) is 17.7. The molecule has 0 radical (unpaired) electrons. The minimum atomic E-state index is 0.614. The number of fused-ring (bicyclic) bond motifs is 1. The number of nitrogens with one attached hydrogen (secondary N) is 2. The SMILES string of the molecule is COCC1CCCN(Cc2nc3ccc(Oc4ccc(-c5ccn[nH]5)cc4)cc3[nH]2)C1. The first-order valence-corrected chi connectivity index (χ1v) is 10.7. The number of hydrogen-bond donors (Lipinski definition) is 2. The lowest BCUT2D eigenvalue weighted by atomic mass is 9.99. The van der Waals surface area contributed by atoms with Gasteiger partial charge in [0.05, 0.1) is 29.9 Å². The molecule has 4 aromatic rings. The molecule has 3 heterocycles. The van der Waals surface area contributed by atoms with Gasteiger partial charge in [0, 0.05) is 25.9 Å². The van der Waals surface area contributed by atoms with Crippen molar-refractivity contribution in [1.82, 2.24) is 25.1 Å². The Labute approximate surface area is 181 Å². The molecule has 2 aromatic carbocycles. The zero-order chi connectivity index (χ0) is 21.0. The second-order valence-corrected chi connectivity index (χ2v) is 8.16. The van der Waals surface area contributed by atoms with Crippen molar-refractivity contribution in [2.24, 2.45) is 5.92 Å². The molecule has 7 nitrogen and oxygen atoms in total. The predicted octanol–water partition coefficient (Wildman–Crippen LogP) is 4.60. The van der Waals surface area contributed by atoms with Crippen molar-refractivity contribution in [2.75, 3.05) is 26.8 Å². The van der Waals surface area contributed by atoms with Crippen LogP contribution in [0, 0.1) is 5.92 Å². The molecule has 1 aliphatic rings. The number of aromatic nitrogens is 4. The van der Waals surface area contributed by atoms with Crippen LogP contribution in [0.4, 0.5) is 0 Å². The average Bonchev–Trinajstić information content (AvgIpc) is 3.44. The lowest BCUT2D eigenvalue weighted by Gasteiger charge is -2.31. The molecule has 0 spiro atoms. The van der Waals surface area contributed by atoms with Gasteiger partial charge in [-0.05, 0) is 73.3 Å². The highest BCUT2D eigenvalue weighted by atomic mass is 16.5. The van der Waals surface area contributed by atoms with Crippen LogP contribution in [0.25, 0.3) is 22.3 Å². The number of benzene rings is 2. The Morgan fingerprint density at radius 2 is 1.97 bits per heavy atom. The smallest absolute Gasteiger partial charge is 0.129 e. The van der Waals surface area contributed by atoms with Crippen LogP contribution in [0.5, 0.6) is 11.5 Å². The van der Waals surface area contributed by atoms with Crippen LogP contribution >= 0.6 is 0 Å². The standard InChI is InChI=1S/C24H27N5O2/c1-30-16-17-3-2-12-29(14-17)15-24-26-22-9-8-20(13-23(22)27-24)31-19-6-4-18(5-7-19)21-10-11-25-28-21/h4-11,13,17H,2-3,12,14-16H2,1H3,(H,25,28)(H,26,27). The number of methoxy groups -OCH3 is 1. The van der Waals surface area contributed by atoms with Crippen molar-refractivity contribution in [3.63, 3.8) is 0 Å². The number of imidazole rings is 1. The van der Waals surface area contributed by atoms with E-state index in [9.17, 15) is 0 Å². The number of nitrogens with zero attached hydrogens (tertiary/aromatic N) is 3. The Morgan fingerprint density at radius 1 is 1.10 bits per heavy atom. The summed E-state index contributed by atoms with van der Waals surface area (Å²) in [6.07, 6.45) is 4.20. The highest BCUT2D eigenvalue weighted by Gasteiger charge is 2.20.